The molecule has 0 radical (unpaired) electrons. The van der Waals surface area contributed by atoms with Gasteiger partial charge >= 0.3 is 0 Å². The fraction of sp³-hybridized carbons (Fsp3) is 0.300. The monoisotopic (exact) mass is 405 g/mol. The van der Waals surface area contributed by atoms with E-state index in [4.69, 9.17) is 0 Å². The summed E-state index contributed by atoms with van der Waals surface area (Å²) in [5, 5.41) is 4.27. The highest BCUT2D eigenvalue weighted by atomic mass is 35.5. The number of nitrogens with zero attached hydrogens (tertiary/aromatic N) is 2. The Hall–Kier alpha value is -2.02. The van der Waals surface area contributed by atoms with E-state index in [2.05, 4.69) is 10.2 Å². The molecule has 2 aromatic carbocycles. The van der Waals surface area contributed by atoms with Crippen LogP contribution < -0.4 is 10.2 Å². The van der Waals surface area contributed by atoms with Crippen molar-refractivity contribution in [1.29, 1.82) is 0 Å². The van der Waals surface area contributed by atoms with Gasteiger partial charge in [0.05, 0.1) is 11.3 Å². The Morgan fingerprint density at radius 3 is 2.37 bits per heavy atom. The van der Waals surface area contributed by atoms with Gasteiger partial charge in [0.2, 0.25) is 10.0 Å². The molecule has 0 atom stereocenters. The van der Waals surface area contributed by atoms with Crippen LogP contribution in [0.15, 0.2) is 54.6 Å². The number of piperazine rings is 1. The number of para-hydroxylation sites is 1. The molecular weight excluding hydrogens is 382 g/mol. The second-order valence-electron chi connectivity index (χ2n) is 6.80. The van der Waals surface area contributed by atoms with Gasteiger partial charge in [0.25, 0.3) is 0 Å². The molecule has 0 aliphatic carbocycles. The van der Waals surface area contributed by atoms with Gasteiger partial charge in [0.15, 0.2) is 0 Å². The van der Waals surface area contributed by atoms with Crippen molar-refractivity contribution in [3.8, 4) is 0 Å². The van der Waals surface area contributed by atoms with Crippen LogP contribution in [0.2, 0.25) is 0 Å². The molecule has 5 nitrogen and oxygen atoms in total. The van der Waals surface area contributed by atoms with Crippen LogP contribution in [0.3, 0.4) is 0 Å². The second-order valence-corrected chi connectivity index (χ2v) is 8.62. The number of hydrogen-bond acceptors (Lipinski definition) is 4. The van der Waals surface area contributed by atoms with Gasteiger partial charge in [-0.05, 0) is 24.6 Å². The summed E-state index contributed by atoms with van der Waals surface area (Å²) in [7, 11) is -3.53. The summed E-state index contributed by atoms with van der Waals surface area (Å²) >= 11 is 0. The molecule has 2 heterocycles. The summed E-state index contributed by atoms with van der Waals surface area (Å²) in [6, 6.07) is 17.4. The molecular formula is C20H24ClN3O2S. The molecule has 1 saturated heterocycles. The third kappa shape index (κ3) is 3.98. The quantitative estimate of drug-likeness (QED) is 0.724. The van der Waals surface area contributed by atoms with Crippen molar-refractivity contribution in [2.24, 2.45) is 0 Å². The number of anilines is 1. The highest BCUT2D eigenvalue weighted by Gasteiger charge is 2.25. The Labute approximate surface area is 166 Å². The standard InChI is InChI=1S/C20H23N3O2S.ClH/c1-16-6-8-17(9-7-16)15-26(24,25)23-19-5-3-2-4-18(19)14-20(23)22-12-10-21-11-13-22;/h2-9,14,21H,10-13,15H2,1H3;1H. The van der Waals surface area contributed by atoms with Gasteiger partial charge in [0, 0.05) is 31.6 Å². The minimum atomic E-state index is -3.53. The second kappa shape index (κ2) is 7.92. The molecule has 0 amide bonds. The van der Waals surface area contributed by atoms with Crippen LogP contribution >= 0.6 is 12.4 Å². The SMILES string of the molecule is Cc1ccc(CS(=O)(=O)n2c(N3CCNCC3)cc3ccccc32)cc1.Cl. The summed E-state index contributed by atoms with van der Waals surface area (Å²) in [4.78, 5) is 2.16. The van der Waals surface area contributed by atoms with E-state index in [9.17, 15) is 8.42 Å². The molecule has 4 rings (SSSR count). The van der Waals surface area contributed by atoms with E-state index in [0.29, 0.717) is 0 Å². The number of hydrogen-bond donors (Lipinski definition) is 1. The summed E-state index contributed by atoms with van der Waals surface area (Å²) < 4.78 is 28.2. The maximum Gasteiger partial charge on any atom is 0.244 e. The Balaban J connectivity index is 0.00000210. The average Bonchev–Trinajstić information content (AvgIpc) is 3.05. The number of nitrogens with one attached hydrogen (secondary N) is 1. The Kier molecular flexibility index (Phi) is 5.79. The third-order valence-electron chi connectivity index (χ3n) is 4.84. The first-order chi connectivity index (χ1) is 12.5. The predicted octanol–water partition coefficient (Wildman–Crippen LogP) is 3.16. The Bertz CT molecular complexity index is 1020. The van der Waals surface area contributed by atoms with Gasteiger partial charge in [-0.3, -0.25) is 0 Å². The van der Waals surface area contributed by atoms with Crippen LogP contribution in [-0.2, 0) is 15.8 Å². The molecule has 7 heteroatoms. The number of benzene rings is 2. The fourth-order valence-corrected chi connectivity index (χ4v) is 5.14. The van der Waals surface area contributed by atoms with Gasteiger partial charge in [0.1, 0.15) is 5.82 Å². The van der Waals surface area contributed by atoms with Gasteiger partial charge in [-0.1, -0.05) is 48.0 Å². The van der Waals surface area contributed by atoms with Crippen molar-refractivity contribution < 1.29 is 8.42 Å². The molecule has 0 saturated carbocycles. The van der Waals surface area contributed by atoms with Crippen LogP contribution in [0.5, 0.6) is 0 Å². The number of aromatic nitrogens is 1. The first kappa shape index (κ1) is 19.7. The number of rotatable bonds is 4. The van der Waals surface area contributed by atoms with E-state index >= 15 is 0 Å². The molecule has 144 valence electrons. The van der Waals surface area contributed by atoms with Crippen LogP contribution in [0, 0.1) is 6.92 Å². The third-order valence-corrected chi connectivity index (χ3v) is 6.48. The fourth-order valence-electron chi connectivity index (χ4n) is 3.48. The molecule has 0 spiro atoms. The molecule has 0 unspecified atom stereocenters. The molecule has 1 N–H and O–H groups in total. The van der Waals surface area contributed by atoms with Gasteiger partial charge in [-0.15, -0.1) is 12.4 Å². The highest BCUT2D eigenvalue weighted by Crippen LogP contribution is 2.30. The number of aryl methyl sites for hydroxylation is 1. The largest absolute Gasteiger partial charge is 0.355 e. The summed E-state index contributed by atoms with van der Waals surface area (Å²) in [5.41, 5.74) is 2.67. The summed E-state index contributed by atoms with van der Waals surface area (Å²) in [6.45, 7) is 5.33. The van der Waals surface area contributed by atoms with Gasteiger partial charge < -0.3 is 10.2 Å². The molecule has 1 aromatic heterocycles. The maximum atomic E-state index is 13.3. The normalized spacial score (nSPS) is 14.9. The molecule has 1 aliphatic heterocycles. The first-order valence-electron chi connectivity index (χ1n) is 8.89. The van der Waals surface area contributed by atoms with Gasteiger partial charge in [-0.25, -0.2) is 12.4 Å². The lowest BCUT2D eigenvalue weighted by Gasteiger charge is -2.30. The smallest absolute Gasteiger partial charge is 0.244 e. The van der Waals surface area contributed by atoms with E-state index in [1.807, 2.05) is 61.5 Å². The number of halogens is 1. The zero-order chi connectivity index (χ0) is 18.1. The lowest BCUT2D eigenvalue weighted by atomic mass is 10.2. The van der Waals surface area contributed by atoms with Crippen molar-refractivity contribution in [2.45, 2.75) is 12.7 Å². The average molecular weight is 406 g/mol. The first-order valence-corrected chi connectivity index (χ1v) is 10.5. The van der Waals surface area contributed by atoms with Crippen molar-refractivity contribution in [3.05, 3.63) is 65.7 Å². The van der Waals surface area contributed by atoms with E-state index < -0.39 is 10.0 Å². The minimum Gasteiger partial charge on any atom is -0.355 e. The van der Waals surface area contributed by atoms with Crippen molar-refractivity contribution in [1.82, 2.24) is 9.29 Å². The predicted molar refractivity (Wildman–Crippen MR) is 113 cm³/mol. The Morgan fingerprint density at radius 2 is 1.67 bits per heavy atom. The molecule has 27 heavy (non-hydrogen) atoms. The van der Waals surface area contributed by atoms with Crippen molar-refractivity contribution in [3.63, 3.8) is 0 Å². The summed E-state index contributed by atoms with van der Waals surface area (Å²) in [6.07, 6.45) is 0. The zero-order valence-electron chi connectivity index (χ0n) is 15.3. The van der Waals surface area contributed by atoms with Crippen molar-refractivity contribution in [2.75, 3.05) is 31.1 Å². The van der Waals surface area contributed by atoms with Crippen molar-refractivity contribution >= 4 is 39.2 Å². The molecule has 3 aromatic rings. The molecule has 1 fully saturated rings. The maximum absolute atomic E-state index is 13.3. The highest BCUT2D eigenvalue weighted by molar-refractivity contribution is 7.89. The van der Waals surface area contributed by atoms with E-state index in [0.717, 1.165) is 54.0 Å². The minimum absolute atomic E-state index is 0. The van der Waals surface area contributed by atoms with E-state index in [-0.39, 0.29) is 18.2 Å². The van der Waals surface area contributed by atoms with Crippen LogP contribution in [0.25, 0.3) is 10.9 Å². The van der Waals surface area contributed by atoms with Crippen LogP contribution in [0.1, 0.15) is 11.1 Å². The summed E-state index contributed by atoms with van der Waals surface area (Å²) in [5.74, 6) is 0.755. The topological polar surface area (TPSA) is 54.3 Å². The lowest BCUT2D eigenvalue weighted by molar-refractivity contribution is 0.572. The lowest BCUT2D eigenvalue weighted by Crippen LogP contribution is -2.44. The molecule has 0 bridgehead atoms. The van der Waals surface area contributed by atoms with Crippen LogP contribution in [-0.4, -0.2) is 38.6 Å². The zero-order valence-corrected chi connectivity index (χ0v) is 16.9. The Morgan fingerprint density at radius 1 is 1.00 bits per heavy atom. The van der Waals surface area contributed by atoms with E-state index in [1.165, 1.54) is 3.97 Å². The van der Waals surface area contributed by atoms with E-state index in [1.54, 1.807) is 0 Å². The number of fused-ring (bicyclic) bond motifs is 1. The molecule has 1 aliphatic rings. The van der Waals surface area contributed by atoms with Crippen LogP contribution in [0.4, 0.5) is 5.82 Å². The van der Waals surface area contributed by atoms with Gasteiger partial charge in [-0.2, -0.15) is 0 Å².